The van der Waals surface area contributed by atoms with Crippen molar-refractivity contribution in [2.75, 3.05) is 32.0 Å². The molecule has 1 aromatic rings. The number of anilines is 1. The molecular formula is C15H22FN3O. The van der Waals surface area contributed by atoms with E-state index in [2.05, 4.69) is 22.6 Å². The molecule has 1 aliphatic rings. The van der Waals surface area contributed by atoms with Crippen LogP contribution in [0.4, 0.5) is 10.1 Å². The minimum absolute atomic E-state index is 0.144. The van der Waals surface area contributed by atoms with Gasteiger partial charge in [0.25, 0.3) is 0 Å². The lowest BCUT2D eigenvalue weighted by Crippen LogP contribution is -2.44. The topological polar surface area (TPSA) is 44.4 Å². The second kappa shape index (κ2) is 7.36. The van der Waals surface area contributed by atoms with Crippen molar-refractivity contribution in [1.29, 1.82) is 0 Å². The molecular weight excluding hydrogens is 257 g/mol. The van der Waals surface area contributed by atoms with Gasteiger partial charge in [-0.05, 0) is 44.6 Å². The van der Waals surface area contributed by atoms with Crippen LogP contribution in [0.2, 0.25) is 0 Å². The van der Waals surface area contributed by atoms with Crippen LogP contribution in [-0.4, -0.2) is 43.5 Å². The highest BCUT2D eigenvalue weighted by Gasteiger charge is 2.18. The molecule has 20 heavy (non-hydrogen) atoms. The summed E-state index contributed by atoms with van der Waals surface area (Å²) in [6.45, 7) is 2.19. The number of nitrogens with one attached hydrogen (secondary N) is 2. The maximum atomic E-state index is 13.0. The Morgan fingerprint density at radius 1 is 1.45 bits per heavy atom. The molecule has 1 unspecified atom stereocenters. The Morgan fingerprint density at radius 3 is 3.05 bits per heavy atom. The molecule has 0 spiro atoms. The Labute approximate surface area is 119 Å². The summed E-state index contributed by atoms with van der Waals surface area (Å²) in [6, 6.07) is 6.43. The highest BCUT2D eigenvalue weighted by molar-refractivity contribution is 5.92. The summed E-state index contributed by atoms with van der Waals surface area (Å²) in [5, 5.41) is 5.85. The second-order valence-corrected chi connectivity index (χ2v) is 5.32. The van der Waals surface area contributed by atoms with E-state index in [4.69, 9.17) is 0 Å². The van der Waals surface area contributed by atoms with Crippen LogP contribution in [0.5, 0.6) is 0 Å². The molecule has 110 valence electrons. The Hall–Kier alpha value is -1.46. The minimum atomic E-state index is -0.348. The standard InChI is InChI=1S/C15H22FN3O/c1-19-8-3-2-7-14(19)10-17-11-15(20)18-13-6-4-5-12(16)9-13/h4-6,9,14,17H,2-3,7-8,10-11H2,1H3,(H,18,20). The van der Waals surface area contributed by atoms with Crippen molar-refractivity contribution in [1.82, 2.24) is 10.2 Å². The lowest BCUT2D eigenvalue weighted by molar-refractivity contribution is -0.115. The van der Waals surface area contributed by atoms with Gasteiger partial charge in [0, 0.05) is 18.3 Å². The lowest BCUT2D eigenvalue weighted by atomic mass is 10.0. The van der Waals surface area contributed by atoms with E-state index >= 15 is 0 Å². The number of carbonyl (C=O) groups excluding carboxylic acids is 1. The molecule has 1 amide bonds. The van der Waals surface area contributed by atoms with E-state index < -0.39 is 0 Å². The smallest absolute Gasteiger partial charge is 0.238 e. The molecule has 5 heteroatoms. The van der Waals surface area contributed by atoms with Gasteiger partial charge in [-0.15, -0.1) is 0 Å². The molecule has 4 nitrogen and oxygen atoms in total. The van der Waals surface area contributed by atoms with Crippen molar-refractivity contribution in [2.24, 2.45) is 0 Å². The van der Waals surface area contributed by atoms with Gasteiger partial charge in [-0.2, -0.15) is 0 Å². The Balaban J connectivity index is 1.70. The Bertz CT molecular complexity index is 452. The van der Waals surface area contributed by atoms with Gasteiger partial charge < -0.3 is 15.5 Å². The first-order valence-electron chi connectivity index (χ1n) is 7.11. The van der Waals surface area contributed by atoms with Gasteiger partial charge in [0.2, 0.25) is 5.91 Å². The predicted octanol–water partition coefficient (Wildman–Crippen LogP) is 1.84. The van der Waals surface area contributed by atoms with Gasteiger partial charge in [0.1, 0.15) is 5.82 Å². The van der Waals surface area contributed by atoms with Crippen LogP contribution in [0.25, 0.3) is 0 Å². The van der Waals surface area contributed by atoms with E-state index in [9.17, 15) is 9.18 Å². The SMILES string of the molecule is CN1CCCCC1CNCC(=O)Nc1cccc(F)c1. The fourth-order valence-corrected chi connectivity index (χ4v) is 2.53. The highest BCUT2D eigenvalue weighted by atomic mass is 19.1. The molecule has 0 radical (unpaired) electrons. The third-order valence-electron chi connectivity index (χ3n) is 3.70. The number of piperidine rings is 1. The highest BCUT2D eigenvalue weighted by Crippen LogP contribution is 2.14. The third-order valence-corrected chi connectivity index (χ3v) is 3.70. The summed E-state index contributed by atoms with van der Waals surface area (Å²) in [5.41, 5.74) is 0.492. The summed E-state index contributed by atoms with van der Waals surface area (Å²) in [6.07, 6.45) is 3.69. The number of carbonyl (C=O) groups is 1. The van der Waals surface area contributed by atoms with E-state index in [1.165, 1.54) is 31.4 Å². The van der Waals surface area contributed by atoms with Crippen LogP contribution in [0.15, 0.2) is 24.3 Å². The lowest BCUT2D eigenvalue weighted by Gasteiger charge is -2.32. The fraction of sp³-hybridized carbons (Fsp3) is 0.533. The first-order chi connectivity index (χ1) is 9.65. The number of hydrogen-bond donors (Lipinski definition) is 2. The minimum Gasteiger partial charge on any atom is -0.325 e. The number of halogens is 1. The molecule has 1 aliphatic heterocycles. The predicted molar refractivity (Wildman–Crippen MR) is 78.2 cm³/mol. The van der Waals surface area contributed by atoms with Crippen LogP contribution in [0.1, 0.15) is 19.3 Å². The number of rotatable bonds is 5. The fourth-order valence-electron chi connectivity index (χ4n) is 2.53. The zero-order chi connectivity index (χ0) is 14.4. The van der Waals surface area contributed by atoms with E-state index in [1.54, 1.807) is 12.1 Å². The molecule has 0 saturated carbocycles. The monoisotopic (exact) mass is 279 g/mol. The molecule has 0 bridgehead atoms. The van der Waals surface area contributed by atoms with Gasteiger partial charge in [-0.25, -0.2) is 4.39 Å². The van der Waals surface area contributed by atoms with Crippen molar-refractivity contribution >= 4 is 11.6 Å². The van der Waals surface area contributed by atoms with Gasteiger partial charge in [0.15, 0.2) is 0 Å². The molecule has 0 aliphatic carbocycles. The first-order valence-corrected chi connectivity index (χ1v) is 7.11. The van der Waals surface area contributed by atoms with Crippen molar-refractivity contribution in [3.8, 4) is 0 Å². The number of amides is 1. The number of benzene rings is 1. The maximum absolute atomic E-state index is 13.0. The molecule has 1 heterocycles. The molecule has 0 aromatic heterocycles. The van der Waals surface area contributed by atoms with Gasteiger partial charge in [-0.3, -0.25) is 4.79 Å². The number of likely N-dealkylation sites (N-methyl/N-ethyl adjacent to an activating group) is 1. The van der Waals surface area contributed by atoms with Gasteiger partial charge in [-0.1, -0.05) is 12.5 Å². The summed E-state index contributed by atoms with van der Waals surface area (Å²) < 4.78 is 13.0. The molecule has 1 atom stereocenters. The van der Waals surface area contributed by atoms with Gasteiger partial charge in [0.05, 0.1) is 6.54 Å². The van der Waals surface area contributed by atoms with Crippen LogP contribution < -0.4 is 10.6 Å². The third kappa shape index (κ3) is 4.58. The molecule has 1 fully saturated rings. The van der Waals surface area contributed by atoms with Crippen molar-refractivity contribution in [2.45, 2.75) is 25.3 Å². The van der Waals surface area contributed by atoms with Crippen LogP contribution in [0.3, 0.4) is 0 Å². The average molecular weight is 279 g/mol. The second-order valence-electron chi connectivity index (χ2n) is 5.32. The maximum Gasteiger partial charge on any atom is 0.238 e. The van der Waals surface area contributed by atoms with E-state index in [1.807, 2.05) is 0 Å². The average Bonchev–Trinajstić information content (AvgIpc) is 2.41. The quantitative estimate of drug-likeness (QED) is 0.864. The van der Waals surface area contributed by atoms with Crippen molar-refractivity contribution < 1.29 is 9.18 Å². The number of likely N-dealkylation sites (tertiary alicyclic amines) is 1. The summed E-state index contributed by atoms with van der Waals surface area (Å²) in [4.78, 5) is 14.1. The molecule has 2 rings (SSSR count). The van der Waals surface area contributed by atoms with Crippen LogP contribution in [-0.2, 0) is 4.79 Å². The van der Waals surface area contributed by atoms with Crippen LogP contribution >= 0.6 is 0 Å². The Kier molecular flexibility index (Phi) is 5.49. The van der Waals surface area contributed by atoms with E-state index in [0.717, 1.165) is 13.1 Å². The van der Waals surface area contributed by atoms with Crippen molar-refractivity contribution in [3.63, 3.8) is 0 Å². The zero-order valence-corrected chi connectivity index (χ0v) is 11.9. The zero-order valence-electron chi connectivity index (χ0n) is 11.9. The molecule has 1 saturated heterocycles. The summed E-state index contributed by atoms with van der Waals surface area (Å²) in [5.74, 6) is -0.492. The first kappa shape index (κ1) is 14.9. The van der Waals surface area contributed by atoms with E-state index in [0.29, 0.717) is 11.7 Å². The largest absolute Gasteiger partial charge is 0.325 e. The van der Waals surface area contributed by atoms with Gasteiger partial charge >= 0.3 is 0 Å². The molecule has 1 aromatic carbocycles. The van der Waals surface area contributed by atoms with E-state index in [-0.39, 0.29) is 18.3 Å². The normalized spacial score (nSPS) is 19.8. The number of nitrogens with zero attached hydrogens (tertiary/aromatic N) is 1. The van der Waals surface area contributed by atoms with Crippen LogP contribution in [0, 0.1) is 5.82 Å². The molecule has 2 N–H and O–H groups in total. The number of hydrogen-bond acceptors (Lipinski definition) is 3. The van der Waals surface area contributed by atoms with Crippen molar-refractivity contribution in [3.05, 3.63) is 30.1 Å². The Morgan fingerprint density at radius 2 is 2.30 bits per heavy atom. The summed E-state index contributed by atoms with van der Waals surface area (Å²) in [7, 11) is 2.12. The summed E-state index contributed by atoms with van der Waals surface area (Å²) >= 11 is 0.